The van der Waals surface area contributed by atoms with Gasteiger partial charge in [-0.25, -0.2) is 0 Å². The Labute approximate surface area is 114 Å². The average molecular weight is 268 g/mol. The Morgan fingerprint density at radius 3 is 2.47 bits per heavy atom. The highest BCUT2D eigenvalue weighted by atomic mass is 16.5. The van der Waals surface area contributed by atoms with Crippen molar-refractivity contribution < 1.29 is 19.1 Å². The van der Waals surface area contributed by atoms with Gasteiger partial charge in [0.1, 0.15) is 6.10 Å². The number of ether oxygens (including phenoxy) is 2. The minimum atomic E-state index is -0.201. The van der Waals surface area contributed by atoms with Crippen LogP contribution in [0.4, 0.5) is 0 Å². The van der Waals surface area contributed by atoms with Gasteiger partial charge in [0.25, 0.3) is 0 Å². The number of hydrogen-bond donors (Lipinski definition) is 0. The maximum absolute atomic E-state index is 11.7. The summed E-state index contributed by atoms with van der Waals surface area (Å²) in [5.74, 6) is 0.00806. The van der Waals surface area contributed by atoms with E-state index in [9.17, 15) is 9.59 Å². The molecule has 0 amide bonds. The Bertz CT molecular complexity index is 344. The predicted molar refractivity (Wildman–Crippen MR) is 70.4 cm³/mol. The summed E-state index contributed by atoms with van der Waals surface area (Å²) in [5.41, 5.74) is 0.0401. The Balaban J connectivity index is 2.07. The highest BCUT2D eigenvalue weighted by Crippen LogP contribution is 2.56. The molecule has 2 atom stereocenters. The number of carbonyl (C=O) groups excluding carboxylic acids is 2. The Morgan fingerprint density at radius 1 is 1.21 bits per heavy atom. The molecule has 0 aromatic carbocycles. The standard InChI is InChI=1S/C15H24O4/c1-3-18-14(17)10-12-6-7-13(19-11(2)16)15(12)8-4-5-9-15/h12-13H,3-10H2,1-2H3/t12-,13+/m0/s1. The van der Waals surface area contributed by atoms with Crippen molar-refractivity contribution in [1.82, 2.24) is 0 Å². The molecule has 0 aliphatic heterocycles. The van der Waals surface area contributed by atoms with E-state index in [0.29, 0.717) is 18.9 Å². The predicted octanol–water partition coefficient (Wildman–Crippen LogP) is 2.84. The normalized spacial score (nSPS) is 28.5. The molecule has 0 heterocycles. The van der Waals surface area contributed by atoms with Crippen LogP contribution in [0.15, 0.2) is 0 Å². The van der Waals surface area contributed by atoms with E-state index in [-0.39, 0.29) is 23.5 Å². The van der Waals surface area contributed by atoms with Crippen molar-refractivity contribution in [1.29, 1.82) is 0 Å². The Morgan fingerprint density at radius 2 is 1.89 bits per heavy atom. The first-order chi connectivity index (χ1) is 9.08. The van der Waals surface area contributed by atoms with E-state index in [1.165, 1.54) is 19.8 Å². The van der Waals surface area contributed by atoms with Crippen LogP contribution in [0, 0.1) is 11.3 Å². The molecule has 0 N–H and O–H groups in total. The summed E-state index contributed by atoms with van der Waals surface area (Å²) in [6.45, 7) is 3.74. The molecule has 108 valence electrons. The van der Waals surface area contributed by atoms with Gasteiger partial charge in [-0.2, -0.15) is 0 Å². The second-order valence-corrected chi connectivity index (χ2v) is 5.82. The molecule has 2 aliphatic carbocycles. The first-order valence-corrected chi connectivity index (χ1v) is 7.41. The molecule has 0 aromatic rings. The fraction of sp³-hybridized carbons (Fsp3) is 0.867. The zero-order valence-corrected chi connectivity index (χ0v) is 11.9. The zero-order valence-electron chi connectivity index (χ0n) is 11.9. The molecule has 2 fully saturated rings. The molecule has 0 saturated heterocycles. The lowest BCUT2D eigenvalue weighted by atomic mass is 9.73. The van der Waals surface area contributed by atoms with E-state index >= 15 is 0 Å². The van der Waals surface area contributed by atoms with Crippen LogP contribution in [0.1, 0.15) is 58.8 Å². The highest BCUT2D eigenvalue weighted by molar-refractivity contribution is 5.70. The fourth-order valence-electron chi connectivity index (χ4n) is 4.06. The smallest absolute Gasteiger partial charge is 0.306 e. The third kappa shape index (κ3) is 2.93. The molecule has 2 rings (SSSR count). The van der Waals surface area contributed by atoms with E-state index in [1.807, 2.05) is 6.92 Å². The SMILES string of the molecule is CCOC(=O)C[C@@H]1CC[C@@H](OC(C)=O)C12CCCC2. The van der Waals surface area contributed by atoms with Crippen molar-refractivity contribution in [3.8, 4) is 0 Å². The third-order valence-corrected chi connectivity index (χ3v) is 4.79. The van der Waals surface area contributed by atoms with Gasteiger partial charge in [-0.15, -0.1) is 0 Å². The van der Waals surface area contributed by atoms with Crippen LogP contribution in [0.25, 0.3) is 0 Å². The molecule has 2 saturated carbocycles. The van der Waals surface area contributed by atoms with E-state index in [1.54, 1.807) is 0 Å². The Hall–Kier alpha value is -1.06. The van der Waals surface area contributed by atoms with Gasteiger partial charge in [0.15, 0.2) is 0 Å². The minimum Gasteiger partial charge on any atom is -0.466 e. The van der Waals surface area contributed by atoms with Gasteiger partial charge >= 0.3 is 11.9 Å². The monoisotopic (exact) mass is 268 g/mol. The number of esters is 2. The first kappa shape index (κ1) is 14.4. The molecular weight excluding hydrogens is 244 g/mol. The molecule has 4 heteroatoms. The molecular formula is C15H24O4. The van der Waals surface area contributed by atoms with Crippen molar-refractivity contribution in [3.05, 3.63) is 0 Å². The van der Waals surface area contributed by atoms with Gasteiger partial charge in [-0.05, 0) is 38.5 Å². The summed E-state index contributed by atoms with van der Waals surface area (Å²) in [4.78, 5) is 23.0. The lowest BCUT2D eigenvalue weighted by molar-refractivity contribution is -0.153. The second-order valence-electron chi connectivity index (χ2n) is 5.82. The molecule has 4 nitrogen and oxygen atoms in total. The number of rotatable bonds is 4. The van der Waals surface area contributed by atoms with Gasteiger partial charge in [-0.3, -0.25) is 9.59 Å². The van der Waals surface area contributed by atoms with E-state index in [2.05, 4.69) is 0 Å². The van der Waals surface area contributed by atoms with Gasteiger partial charge in [0.2, 0.25) is 0 Å². The maximum atomic E-state index is 11.7. The molecule has 2 aliphatic rings. The van der Waals surface area contributed by atoms with E-state index in [0.717, 1.165) is 25.7 Å². The molecule has 0 unspecified atom stereocenters. The van der Waals surface area contributed by atoms with Crippen LogP contribution < -0.4 is 0 Å². The van der Waals surface area contributed by atoms with Crippen molar-refractivity contribution in [3.63, 3.8) is 0 Å². The van der Waals surface area contributed by atoms with Crippen LogP contribution in [0.2, 0.25) is 0 Å². The summed E-state index contributed by atoms with van der Waals surface area (Å²) in [5, 5.41) is 0. The van der Waals surface area contributed by atoms with Crippen molar-refractivity contribution in [2.45, 2.75) is 64.9 Å². The maximum Gasteiger partial charge on any atom is 0.306 e. The lowest BCUT2D eigenvalue weighted by Gasteiger charge is -2.35. The topological polar surface area (TPSA) is 52.6 Å². The first-order valence-electron chi connectivity index (χ1n) is 7.41. The van der Waals surface area contributed by atoms with Gasteiger partial charge in [0, 0.05) is 18.8 Å². The zero-order chi connectivity index (χ0) is 13.9. The summed E-state index contributed by atoms with van der Waals surface area (Å²) >= 11 is 0. The van der Waals surface area contributed by atoms with Crippen LogP contribution in [-0.4, -0.2) is 24.6 Å². The van der Waals surface area contributed by atoms with Gasteiger partial charge < -0.3 is 9.47 Å². The van der Waals surface area contributed by atoms with E-state index < -0.39 is 0 Å². The molecule has 19 heavy (non-hydrogen) atoms. The molecule has 1 spiro atoms. The molecule has 0 aromatic heterocycles. The van der Waals surface area contributed by atoms with Crippen molar-refractivity contribution >= 4 is 11.9 Å². The summed E-state index contributed by atoms with van der Waals surface area (Å²) < 4.78 is 10.6. The van der Waals surface area contributed by atoms with Gasteiger partial charge in [-0.1, -0.05) is 12.8 Å². The lowest BCUT2D eigenvalue weighted by Crippen LogP contribution is -2.36. The Kier molecular flexibility index (Phi) is 4.48. The summed E-state index contributed by atoms with van der Waals surface area (Å²) in [7, 11) is 0. The van der Waals surface area contributed by atoms with Crippen LogP contribution in [-0.2, 0) is 19.1 Å². The van der Waals surface area contributed by atoms with E-state index in [4.69, 9.17) is 9.47 Å². The number of hydrogen-bond acceptors (Lipinski definition) is 4. The van der Waals surface area contributed by atoms with Gasteiger partial charge in [0.05, 0.1) is 6.61 Å². The fourth-order valence-corrected chi connectivity index (χ4v) is 4.06. The quantitative estimate of drug-likeness (QED) is 0.736. The van der Waals surface area contributed by atoms with Crippen LogP contribution in [0.5, 0.6) is 0 Å². The third-order valence-electron chi connectivity index (χ3n) is 4.79. The van der Waals surface area contributed by atoms with Crippen LogP contribution >= 0.6 is 0 Å². The minimum absolute atomic E-state index is 0.00641. The number of carbonyl (C=O) groups is 2. The van der Waals surface area contributed by atoms with Crippen LogP contribution in [0.3, 0.4) is 0 Å². The molecule has 0 radical (unpaired) electrons. The van der Waals surface area contributed by atoms with Crippen molar-refractivity contribution in [2.24, 2.45) is 11.3 Å². The summed E-state index contributed by atoms with van der Waals surface area (Å²) in [6.07, 6.45) is 6.86. The average Bonchev–Trinajstić information content (AvgIpc) is 2.93. The molecule has 0 bridgehead atoms. The van der Waals surface area contributed by atoms with Crippen molar-refractivity contribution in [2.75, 3.05) is 6.61 Å². The largest absolute Gasteiger partial charge is 0.466 e. The summed E-state index contributed by atoms with van der Waals surface area (Å²) in [6, 6.07) is 0. The highest BCUT2D eigenvalue weighted by Gasteiger charge is 2.53. The second kappa shape index (κ2) is 5.93.